The highest BCUT2D eigenvalue weighted by atomic mass is 14.9. The third kappa shape index (κ3) is 3.42. The molecule has 1 atom stereocenters. The summed E-state index contributed by atoms with van der Waals surface area (Å²) in [6.07, 6.45) is 4.93. The van der Waals surface area contributed by atoms with Crippen LogP contribution in [0.15, 0.2) is 42.7 Å². The lowest BCUT2D eigenvalue weighted by molar-refractivity contribution is 0.571. The van der Waals surface area contributed by atoms with Crippen molar-refractivity contribution < 1.29 is 0 Å². The molecule has 2 nitrogen and oxygen atoms in total. The molecule has 100 valence electrons. The molecule has 19 heavy (non-hydrogen) atoms. The number of aromatic nitrogens is 1. The Morgan fingerprint density at radius 2 is 1.89 bits per heavy atom. The molecule has 0 aliphatic rings. The zero-order valence-corrected chi connectivity index (χ0v) is 12.0. The summed E-state index contributed by atoms with van der Waals surface area (Å²) in [5.41, 5.74) is 5.07. The van der Waals surface area contributed by atoms with E-state index in [-0.39, 0.29) is 0 Å². The Hall–Kier alpha value is -1.67. The molecule has 1 aromatic heterocycles. The molecule has 0 bridgehead atoms. The van der Waals surface area contributed by atoms with Gasteiger partial charge in [0.15, 0.2) is 0 Å². The zero-order chi connectivity index (χ0) is 13.7. The lowest BCUT2D eigenvalue weighted by Crippen LogP contribution is -2.19. The van der Waals surface area contributed by atoms with Crippen molar-refractivity contribution >= 4 is 0 Å². The Morgan fingerprint density at radius 1 is 1.16 bits per heavy atom. The number of nitrogens with zero attached hydrogens (tertiary/aromatic N) is 1. The highest BCUT2D eigenvalue weighted by molar-refractivity contribution is 5.66. The number of hydrogen-bond donors (Lipinski definition) is 1. The van der Waals surface area contributed by atoms with Crippen LogP contribution >= 0.6 is 0 Å². The quantitative estimate of drug-likeness (QED) is 0.868. The van der Waals surface area contributed by atoms with Gasteiger partial charge in [-0.2, -0.15) is 0 Å². The first-order valence-corrected chi connectivity index (χ1v) is 6.96. The molecule has 1 heterocycles. The van der Waals surface area contributed by atoms with E-state index in [0.717, 1.165) is 6.54 Å². The Balaban J connectivity index is 2.17. The van der Waals surface area contributed by atoms with E-state index in [2.05, 4.69) is 61.4 Å². The normalized spacial score (nSPS) is 12.4. The van der Waals surface area contributed by atoms with Gasteiger partial charge in [-0.3, -0.25) is 4.98 Å². The van der Waals surface area contributed by atoms with Crippen LogP contribution in [0.4, 0.5) is 0 Å². The SMILES string of the molecule is CCCNC(C)c1ccc(-c2ccncc2C)cc1. The van der Waals surface area contributed by atoms with Crippen molar-refractivity contribution in [2.45, 2.75) is 33.2 Å². The average molecular weight is 254 g/mol. The maximum absolute atomic E-state index is 4.14. The van der Waals surface area contributed by atoms with Crippen molar-refractivity contribution in [2.75, 3.05) is 6.54 Å². The van der Waals surface area contributed by atoms with Crippen molar-refractivity contribution in [2.24, 2.45) is 0 Å². The summed E-state index contributed by atoms with van der Waals surface area (Å²) in [6, 6.07) is 11.3. The maximum atomic E-state index is 4.14. The van der Waals surface area contributed by atoms with Gasteiger partial charge in [-0.05, 0) is 55.1 Å². The third-order valence-electron chi connectivity index (χ3n) is 3.44. The predicted octanol–water partition coefficient (Wildman–Crippen LogP) is 4.12. The molecule has 0 aliphatic carbocycles. The monoisotopic (exact) mass is 254 g/mol. The molecule has 1 unspecified atom stereocenters. The van der Waals surface area contributed by atoms with Crippen molar-refractivity contribution in [1.29, 1.82) is 0 Å². The van der Waals surface area contributed by atoms with Gasteiger partial charge in [0.05, 0.1) is 0 Å². The number of pyridine rings is 1. The van der Waals surface area contributed by atoms with Gasteiger partial charge in [0.2, 0.25) is 0 Å². The Bertz CT molecular complexity index is 517. The van der Waals surface area contributed by atoms with Gasteiger partial charge in [0.25, 0.3) is 0 Å². The second-order valence-corrected chi connectivity index (χ2v) is 4.99. The van der Waals surface area contributed by atoms with Crippen LogP contribution in [0.3, 0.4) is 0 Å². The average Bonchev–Trinajstić information content (AvgIpc) is 2.45. The molecule has 2 heteroatoms. The van der Waals surface area contributed by atoms with E-state index in [1.807, 2.05) is 12.4 Å². The largest absolute Gasteiger partial charge is 0.310 e. The standard InChI is InChI=1S/C17H22N2/c1-4-10-19-14(3)15-5-7-16(8-6-15)17-9-11-18-12-13(17)2/h5-9,11-12,14,19H,4,10H2,1-3H3. The summed E-state index contributed by atoms with van der Waals surface area (Å²) in [5, 5.41) is 3.51. The summed E-state index contributed by atoms with van der Waals surface area (Å²) in [6.45, 7) is 7.56. The second kappa shape index (κ2) is 6.48. The van der Waals surface area contributed by atoms with E-state index in [1.165, 1.54) is 28.7 Å². The van der Waals surface area contributed by atoms with Crippen molar-refractivity contribution in [3.63, 3.8) is 0 Å². The highest BCUT2D eigenvalue weighted by Gasteiger charge is 2.05. The molecular weight excluding hydrogens is 232 g/mol. The van der Waals surface area contributed by atoms with E-state index < -0.39 is 0 Å². The van der Waals surface area contributed by atoms with Gasteiger partial charge in [-0.25, -0.2) is 0 Å². The molecule has 0 radical (unpaired) electrons. The zero-order valence-electron chi connectivity index (χ0n) is 12.0. The summed E-state index contributed by atoms with van der Waals surface area (Å²) in [5.74, 6) is 0. The van der Waals surface area contributed by atoms with E-state index in [1.54, 1.807) is 0 Å². The second-order valence-electron chi connectivity index (χ2n) is 4.99. The van der Waals surface area contributed by atoms with Crippen molar-refractivity contribution in [3.05, 3.63) is 53.9 Å². The van der Waals surface area contributed by atoms with Gasteiger partial charge >= 0.3 is 0 Å². The van der Waals surface area contributed by atoms with Gasteiger partial charge < -0.3 is 5.32 Å². The fourth-order valence-corrected chi connectivity index (χ4v) is 2.23. The van der Waals surface area contributed by atoms with Crippen LogP contribution in [-0.4, -0.2) is 11.5 Å². The van der Waals surface area contributed by atoms with Crippen LogP contribution in [0.1, 0.15) is 37.4 Å². The molecule has 0 fully saturated rings. The van der Waals surface area contributed by atoms with Crippen LogP contribution < -0.4 is 5.32 Å². The lowest BCUT2D eigenvalue weighted by atomic mass is 9.99. The first kappa shape index (κ1) is 13.8. The summed E-state index contributed by atoms with van der Waals surface area (Å²) >= 11 is 0. The molecule has 0 aliphatic heterocycles. The summed E-state index contributed by atoms with van der Waals surface area (Å²) in [4.78, 5) is 4.14. The van der Waals surface area contributed by atoms with E-state index in [4.69, 9.17) is 0 Å². The van der Waals surface area contributed by atoms with Crippen LogP contribution in [-0.2, 0) is 0 Å². The molecule has 1 N–H and O–H groups in total. The van der Waals surface area contributed by atoms with Crippen molar-refractivity contribution in [1.82, 2.24) is 10.3 Å². The van der Waals surface area contributed by atoms with E-state index in [9.17, 15) is 0 Å². The summed E-state index contributed by atoms with van der Waals surface area (Å²) in [7, 11) is 0. The number of benzene rings is 1. The molecule has 0 saturated carbocycles. The van der Waals surface area contributed by atoms with Crippen LogP contribution in [0.5, 0.6) is 0 Å². The highest BCUT2D eigenvalue weighted by Crippen LogP contribution is 2.24. The number of nitrogens with one attached hydrogen (secondary N) is 1. The van der Waals surface area contributed by atoms with Crippen LogP contribution in [0, 0.1) is 6.92 Å². The first-order chi connectivity index (χ1) is 9.22. The minimum Gasteiger partial charge on any atom is -0.310 e. The van der Waals surface area contributed by atoms with Gasteiger partial charge in [0, 0.05) is 18.4 Å². The Kier molecular flexibility index (Phi) is 4.69. The Morgan fingerprint density at radius 3 is 2.53 bits per heavy atom. The van der Waals surface area contributed by atoms with E-state index in [0.29, 0.717) is 6.04 Å². The van der Waals surface area contributed by atoms with Crippen molar-refractivity contribution in [3.8, 4) is 11.1 Å². The molecule has 2 rings (SSSR count). The van der Waals surface area contributed by atoms with Gasteiger partial charge in [-0.1, -0.05) is 31.2 Å². The molecular formula is C17H22N2. The van der Waals surface area contributed by atoms with Crippen LogP contribution in [0.2, 0.25) is 0 Å². The fraction of sp³-hybridized carbons (Fsp3) is 0.353. The summed E-state index contributed by atoms with van der Waals surface area (Å²) < 4.78 is 0. The molecule has 0 spiro atoms. The molecule has 2 aromatic rings. The smallest absolute Gasteiger partial charge is 0.0303 e. The van der Waals surface area contributed by atoms with E-state index >= 15 is 0 Å². The first-order valence-electron chi connectivity index (χ1n) is 6.96. The van der Waals surface area contributed by atoms with Gasteiger partial charge in [-0.15, -0.1) is 0 Å². The molecule has 1 aromatic carbocycles. The third-order valence-corrected chi connectivity index (χ3v) is 3.44. The minimum absolute atomic E-state index is 0.410. The predicted molar refractivity (Wildman–Crippen MR) is 81.1 cm³/mol. The topological polar surface area (TPSA) is 24.9 Å². The lowest BCUT2D eigenvalue weighted by Gasteiger charge is -2.14. The minimum atomic E-state index is 0.410. The van der Waals surface area contributed by atoms with Gasteiger partial charge in [0.1, 0.15) is 0 Å². The molecule has 0 saturated heterocycles. The fourth-order valence-electron chi connectivity index (χ4n) is 2.23. The number of hydrogen-bond acceptors (Lipinski definition) is 2. The Labute approximate surface area is 115 Å². The number of rotatable bonds is 5. The maximum Gasteiger partial charge on any atom is 0.0303 e. The molecule has 0 amide bonds. The van der Waals surface area contributed by atoms with Crippen LogP contribution in [0.25, 0.3) is 11.1 Å². The number of aryl methyl sites for hydroxylation is 1.